The van der Waals surface area contributed by atoms with Crippen molar-refractivity contribution >= 4 is 16.9 Å². The second-order valence-electron chi connectivity index (χ2n) is 6.40. The first-order valence-corrected chi connectivity index (χ1v) is 8.64. The Kier molecular flexibility index (Phi) is 5.71. The topological polar surface area (TPSA) is 71.7 Å². The lowest BCUT2D eigenvalue weighted by atomic mass is 10.0. The first kappa shape index (κ1) is 18.2. The second kappa shape index (κ2) is 8.17. The number of esters is 1. The molecular weight excluding hydrogens is 330 g/mol. The standard InChI is InChI=1S/C21H23NO4/c1-14(11-15-7-9-16(10-8-15)21(24)25-2)22-13-18(23)20-12-17-5-3-4-6-19(17)26-20/h3-10,12,14,18,22-23H,11,13H2,1-2H3. The molecule has 2 N–H and O–H groups in total. The Morgan fingerprint density at radius 1 is 1.19 bits per heavy atom. The van der Waals surface area contributed by atoms with Crippen LogP contribution in [0.15, 0.2) is 59.0 Å². The van der Waals surface area contributed by atoms with Crippen molar-refractivity contribution in [3.05, 3.63) is 71.5 Å². The third-order valence-electron chi connectivity index (χ3n) is 4.35. The van der Waals surface area contributed by atoms with Gasteiger partial charge in [-0.3, -0.25) is 0 Å². The van der Waals surface area contributed by atoms with Crippen LogP contribution in [0, 0.1) is 0 Å². The third kappa shape index (κ3) is 4.31. The van der Waals surface area contributed by atoms with Crippen LogP contribution >= 0.6 is 0 Å². The summed E-state index contributed by atoms with van der Waals surface area (Å²) in [4.78, 5) is 11.5. The quantitative estimate of drug-likeness (QED) is 0.637. The number of fused-ring (bicyclic) bond motifs is 1. The molecule has 136 valence electrons. The summed E-state index contributed by atoms with van der Waals surface area (Å²) in [6.07, 6.45) is 0.0837. The predicted octanol–water partition coefficient (Wildman–Crippen LogP) is 3.47. The lowest BCUT2D eigenvalue weighted by molar-refractivity contribution is 0.0600. The van der Waals surface area contributed by atoms with Crippen LogP contribution in [0.3, 0.4) is 0 Å². The molecule has 0 aliphatic carbocycles. The molecular formula is C21H23NO4. The molecule has 3 rings (SSSR count). The van der Waals surface area contributed by atoms with E-state index >= 15 is 0 Å². The second-order valence-corrected chi connectivity index (χ2v) is 6.40. The highest BCUT2D eigenvalue weighted by atomic mass is 16.5. The maximum atomic E-state index is 11.5. The first-order chi connectivity index (χ1) is 12.6. The Balaban J connectivity index is 1.53. The minimum Gasteiger partial charge on any atom is -0.465 e. The number of aliphatic hydroxyl groups is 1. The van der Waals surface area contributed by atoms with Crippen LogP contribution in [-0.4, -0.2) is 30.8 Å². The van der Waals surface area contributed by atoms with Gasteiger partial charge in [-0.15, -0.1) is 0 Å². The molecule has 5 nitrogen and oxygen atoms in total. The van der Waals surface area contributed by atoms with Crippen molar-refractivity contribution in [3.63, 3.8) is 0 Å². The monoisotopic (exact) mass is 353 g/mol. The van der Waals surface area contributed by atoms with Gasteiger partial charge in [-0.1, -0.05) is 30.3 Å². The van der Waals surface area contributed by atoms with Gasteiger partial charge >= 0.3 is 5.97 Å². The van der Waals surface area contributed by atoms with Crippen molar-refractivity contribution < 1.29 is 19.1 Å². The van der Waals surface area contributed by atoms with Crippen molar-refractivity contribution in [2.24, 2.45) is 0 Å². The number of furan rings is 1. The van der Waals surface area contributed by atoms with Gasteiger partial charge in [0.25, 0.3) is 0 Å². The number of rotatable bonds is 7. The Hall–Kier alpha value is -2.63. The van der Waals surface area contributed by atoms with E-state index in [4.69, 9.17) is 9.15 Å². The minimum atomic E-state index is -0.702. The zero-order valence-electron chi connectivity index (χ0n) is 14.9. The van der Waals surface area contributed by atoms with E-state index in [1.165, 1.54) is 7.11 Å². The summed E-state index contributed by atoms with van der Waals surface area (Å²) in [6, 6.07) is 17.1. The summed E-state index contributed by atoms with van der Waals surface area (Å²) >= 11 is 0. The van der Waals surface area contributed by atoms with Gasteiger partial charge in [0.1, 0.15) is 17.4 Å². The highest BCUT2D eigenvalue weighted by Gasteiger charge is 2.14. The van der Waals surface area contributed by atoms with Gasteiger partial charge in [0.05, 0.1) is 12.7 Å². The molecule has 5 heteroatoms. The fourth-order valence-corrected chi connectivity index (χ4v) is 2.90. The van der Waals surface area contributed by atoms with E-state index in [2.05, 4.69) is 12.2 Å². The first-order valence-electron chi connectivity index (χ1n) is 8.64. The largest absolute Gasteiger partial charge is 0.465 e. The van der Waals surface area contributed by atoms with Crippen molar-refractivity contribution in [1.82, 2.24) is 5.32 Å². The number of hydrogen-bond donors (Lipinski definition) is 2. The molecule has 2 aromatic carbocycles. The Bertz CT molecular complexity index is 836. The van der Waals surface area contributed by atoms with Crippen LogP contribution in [0.5, 0.6) is 0 Å². The summed E-state index contributed by atoms with van der Waals surface area (Å²) in [6.45, 7) is 2.46. The molecule has 0 spiro atoms. The van der Waals surface area contributed by atoms with Gasteiger partial charge in [0, 0.05) is 18.0 Å². The highest BCUT2D eigenvalue weighted by Crippen LogP contribution is 2.23. The van der Waals surface area contributed by atoms with Crippen molar-refractivity contribution in [3.8, 4) is 0 Å². The number of para-hydroxylation sites is 1. The van der Waals surface area contributed by atoms with Crippen molar-refractivity contribution in [1.29, 1.82) is 0 Å². The zero-order chi connectivity index (χ0) is 18.5. The van der Waals surface area contributed by atoms with Gasteiger partial charge in [0.2, 0.25) is 0 Å². The maximum Gasteiger partial charge on any atom is 0.337 e. The van der Waals surface area contributed by atoms with E-state index < -0.39 is 6.10 Å². The van der Waals surface area contributed by atoms with E-state index in [0.29, 0.717) is 17.9 Å². The van der Waals surface area contributed by atoms with E-state index in [0.717, 1.165) is 23.0 Å². The molecule has 0 fully saturated rings. The molecule has 0 aliphatic rings. The smallest absolute Gasteiger partial charge is 0.337 e. The van der Waals surface area contributed by atoms with E-state index in [9.17, 15) is 9.90 Å². The number of aliphatic hydroxyl groups excluding tert-OH is 1. The lowest BCUT2D eigenvalue weighted by Gasteiger charge is -2.16. The normalized spacial score (nSPS) is 13.5. The van der Waals surface area contributed by atoms with Gasteiger partial charge in [0.15, 0.2) is 0 Å². The van der Waals surface area contributed by atoms with Gasteiger partial charge < -0.3 is 19.6 Å². The lowest BCUT2D eigenvalue weighted by Crippen LogP contribution is -2.31. The number of carbonyl (C=O) groups excluding carboxylic acids is 1. The third-order valence-corrected chi connectivity index (χ3v) is 4.35. The zero-order valence-corrected chi connectivity index (χ0v) is 14.9. The summed E-state index contributed by atoms with van der Waals surface area (Å²) in [5.41, 5.74) is 2.42. The predicted molar refractivity (Wildman–Crippen MR) is 100 cm³/mol. The molecule has 0 bridgehead atoms. The van der Waals surface area contributed by atoms with Crippen LogP contribution in [0.1, 0.15) is 34.7 Å². The molecule has 26 heavy (non-hydrogen) atoms. The van der Waals surface area contributed by atoms with Gasteiger partial charge in [-0.05, 0) is 43.2 Å². The average Bonchev–Trinajstić information content (AvgIpc) is 3.10. The van der Waals surface area contributed by atoms with Gasteiger partial charge in [-0.25, -0.2) is 4.79 Å². The van der Waals surface area contributed by atoms with Crippen LogP contribution in [0.25, 0.3) is 11.0 Å². The molecule has 0 aliphatic heterocycles. The summed E-state index contributed by atoms with van der Waals surface area (Å²) in [5.74, 6) is 0.227. The Morgan fingerprint density at radius 2 is 1.92 bits per heavy atom. The molecule has 0 amide bonds. The molecule has 3 aromatic rings. The van der Waals surface area contributed by atoms with E-state index in [1.54, 1.807) is 12.1 Å². The summed E-state index contributed by atoms with van der Waals surface area (Å²) < 4.78 is 10.4. The van der Waals surface area contributed by atoms with Crippen molar-refractivity contribution in [2.75, 3.05) is 13.7 Å². The molecule has 1 aromatic heterocycles. The van der Waals surface area contributed by atoms with E-state index in [-0.39, 0.29) is 12.0 Å². The minimum absolute atomic E-state index is 0.165. The van der Waals surface area contributed by atoms with Crippen LogP contribution in [0.4, 0.5) is 0 Å². The number of carbonyl (C=O) groups is 1. The molecule has 0 saturated carbocycles. The fraction of sp³-hybridized carbons (Fsp3) is 0.286. The molecule has 1 heterocycles. The van der Waals surface area contributed by atoms with Crippen LogP contribution < -0.4 is 5.32 Å². The van der Waals surface area contributed by atoms with E-state index in [1.807, 2.05) is 42.5 Å². The number of hydrogen-bond acceptors (Lipinski definition) is 5. The summed E-state index contributed by atoms with van der Waals surface area (Å²) in [5, 5.41) is 14.7. The number of benzene rings is 2. The average molecular weight is 353 g/mol. The van der Waals surface area contributed by atoms with Gasteiger partial charge in [-0.2, -0.15) is 0 Å². The number of nitrogens with one attached hydrogen (secondary N) is 1. The maximum absolute atomic E-state index is 11.5. The van der Waals surface area contributed by atoms with Crippen LogP contribution in [0.2, 0.25) is 0 Å². The highest BCUT2D eigenvalue weighted by molar-refractivity contribution is 5.89. The summed E-state index contributed by atoms with van der Waals surface area (Å²) in [7, 11) is 1.37. The molecule has 2 atom stereocenters. The molecule has 2 unspecified atom stereocenters. The fourth-order valence-electron chi connectivity index (χ4n) is 2.90. The number of ether oxygens (including phenoxy) is 1. The van der Waals surface area contributed by atoms with Crippen LogP contribution in [-0.2, 0) is 11.2 Å². The Labute approximate surface area is 152 Å². The van der Waals surface area contributed by atoms with Crippen molar-refractivity contribution in [2.45, 2.75) is 25.5 Å². The SMILES string of the molecule is COC(=O)c1ccc(CC(C)NCC(O)c2cc3ccccc3o2)cc1. The molecule has 0 saturated heterocycles. The molecule has 0 radical (unpaired) electrons. The number of methoxy groups -OCH3 is 1. The Morgan fingerprint density at radius 3 is 2.62 bits per heavy atom.